The van der Waals surface area contributed by atoms with E-state index in [1.165, 1.54) is 28.5 Å². The molecule has 0 bridgehead atoms. The van der Waals surface area contributed by atoms with Gasteiger partial charge in [-0.05, 0) is 54.8 Å². The van der Waals surface area contributed by atoms with E-state index in [0.717, 1.165) is 16.8 Å². The number of carbonyl (C=O) groups is 1. The highest BCUT2D eigenvalue weighted by Crippen LogP contribution is 2.28. The van der Waals surface area contributed by atoms with Crippen LogP contribution in [0.25, 0.3) is 17.3 Å². The third-order valence-electron chi connectivity index (χ3n) is 4.37. The van der Waals surface area contributed by atoms with E-state index >= 15 is 0 Å². The summed E-state index contributed by atoms with van der Waals surface area (Å²) in [6.45, 7) is 4.16. The summed E-state index contributed by atoms with van der Waals surface area (Å²) in [4.78, 5) is 16.7. The maximum absolute atomic E-state index is 12.2. The molecule has 0 saturated carbocycles. The minimum absolute atomic E-state index is 0.240. The van der Waals surface area contributed by atoms with Gasteiger partial charge in [-0.15, -0.1) is 11.3 Å². The van der Waals surface area contributed by atoms with Crippen molar-refractivity contribution in [1.82, 2.24) is 4.98 Å². The van der Waals surface area contributed by atoms with Crippen LogP contribution in [0.15, 0.2) is 47.9 Å². The standard InChI is InChI=1S/C22H22N2O3S/c1-14-5-8-17(11-15(14)2)18-13-28-22(23-18)24-21(25)10-7-16-6-9-19(26-3)20(12-16)27-4/h5-13H,1-4H3,(H,23,24,25). The lowest BCUT2D eigenvalue weighted by atomic mass is 10.1. The molecule has 1 N–H and O–H groups in total. The Morgan fingerprint density at radius 1 is 1.04 bits per heavy atom. The summed E-state index contributed by atoms with van der Waals surface area (Å²) in [5.74, 6) is 1.02. The third kappa shape index (κ3) is 4.58. The maximum atomic E-state index is 12.2. The fourth-order valence-corrected chi connectivity index (χ4v) is 3.36. The molecule has 1 aromatic heterocycles. The lowest BCUT2D eigenvalue weighted by Crippen LogP contribution is -2.07. The first-order valence-electron chi connectivity index (χ1n) is 8.74. The molecular formula is C22H22N2O3S. The Bertz CT molecular complexity index is 1020. The van der Waals surface area contributed by atoms with Gasteiger partial charge in [-0.25, -0.2) is 4.98 Å². The van der Waals surface area contributed by atoms with E-state index in [0.29, 0.717) is 16.6 Å². The molecule has 0 aliphatic rings. The van der Waals surface area contributed by atoms with Crippen LogP contribution >= 0.6 is 11.3 Å². The van der Waals surface area contributed by atoms with Crippen LogP contribution in [-0.2, 0) is 4.79 Å². The van der Waals surface area contributed by atoms with Crippen molar-refractivity contribution in [3.05, 3.63) is 64.5 Å². The summed E-state index contributed by atoms with van der Waals surface area (Å²) in [7, 11) is 3.16. The van der Waals surface area contributed by atoms with Gasteiger partial charge in [-0.2, -0.15) is 0 Å². The maximum Gasteiger partial charge on any atom is 0.250 e. The number of aryl methyl sites for hydroxylation is 2. The largest absolute Gasteiger partial charge is 0.493 e. The van der Waals surface area contributed by atoms with Crippen LogP contribution in [0.4, 0.5) is 5.13 Å². The minimum atomic E-state index is -0.240. The van der Waals surface area contributed by atoms with Gasteiger partial charge < -0.3 is 9.47 Å². The van der Waals surface area contributed by atoms with Crippen molar-refractivity contribution >= 4 is 28.5 Å². The van der Waals surface area contributed by atoms with Gasteiger partial charge in [0, 0.05) is 17.0 Å². The highest BCUT2D eigenvalue weighted by molar-refractivity contribution is 7.14. The average Bonchev–Trinajstić information content (AvgIpc) is 3.16. The number of benzene rings is 2. The minimum Gasteiger partial charge on any atom is -0.493 e. The second-order valence-corrected chi connectivity index (χ2v) is 7.13. The van der Waals surface area contributed by atoms with Crippen LogP contribution < -0.4 is 14.8 Å². The molecule has 3 aromatic rings. The Morgan fingerprint density at radius 3 is 2.54 bits per heavy atom. The van der Waals surface area contributed by atoms with Crippen LogP contribution in [0.1, 0.15) is 16.7 Å². The van der Waals surface area contributed by atoms with Gasteiger partial charge in [0.15, 0.2) is 16.6 Å². The van der Waals surface area contributed by atoms with Gasteiger partial charge in [-0.1, -0.05) is 18.2 Å². The number of carbonyl (C=O) groups excluding carboxylic acids is 1. The van der Waals surface area contributed by atoms with Crippen molar-refractivity contribution in [2.45, 2.75) is 13.8 Å². The number of nitrogens with zero attached hydrogens (tertiary/aromatic N) is 1. The normalized spacial score (nSPS) is 10.9. The number of rotatable bonds is 6. The van der Waals surface area contributed by atoms with E-state index in [4.69, 9.17) is 9.47 Å². The number of thiazole rings is 1. The van der Waals surface area contributed by atoms with Crippen molar-refractivity contribution in [1.29, 1.82) is 0 Å². The van der Waals surface area contributed by atoms with Crippen LogP contribution in [0, 0.1) is 13.8 Å². The molecule has 0 unspecified atom stereocenters. The zero-order valence-electron chi connectivity index (χ0n) is 16.3. The predicted molar refractivity (Wildman–Crippen MR) is 114 cm³/mol. The van der Waals surface area contributed by atoms with Crippen molar-refractivity contribution in [3.8, 4) is 22.8 Å². The Kier molecular flexibility index (Phi) is 6.11. The van der Waals surface area contributed by atoms with Gasteiger partial charge in [0.1, 0.15) is 0 Å². The smallest absolute Gasteiger partial charge is 0.250 e. The molecular weight excluding hydrogens is 372 g/mol. The van der Waals surface area contributed by atoms with E-state index in [9.17, 15) is 4.79 Å². The van der Waals surface area contributed by atoms with Crippen molar-refractivity contribution in [2.75, 3.05) is 19.5 Å². The van der Waals surface area contributed by atoms with Gasteiger partial charge in [0.05, 0.1) is 19.9 Å². The number of amides is 1. The fraction of sp³-hybridized carbons (Fsp3) is 0.182. The first-order valence-corrected chi connectivity index (χ1v) is 9.62. The summed E-state index contributed by atoms with van der Waals surface area (Å²) in [5, 5.41) is 5.31. The second-order valence-electron chi connectivity index (χ2n) is 6.27. The molecule has 0 spiro atoms. The van der Waals surface area contributed by atoms with Crippen LogP contribution in [-0.4, -0.2) is 25.1 Å². The molecule has 1 amide bonds. The van der Waals surface area contributed by atoms with Crippen LogP contribution in [0.2, 0.25) is 0 Å². The van der Waals surface area contributed by atoms with E-state index < -0.39 is 0 Å². The van der Waals surface area contributed by atoms with Crippen LogP contribution in [0.5, 0.6) is 11.5 Å². The summed E-state index contributed by atoms with van der Waals surface area (Å²) < 4.78 is 10.5. The number of nitrogens with one attached hydrogen (secondary N) is 1. The lowest BCUT2D eigenvalue weighted by Gasteiger charge is -2.07. The molecule has 0 atom stereocenters. The zero-order chi connectivity index (χ0) is 20.1. The first-order chi connectivity index (χ1) is 13.5. The number of anilines is 1. The topological polar surface area (TPSA) is 60.5 Å². The first kappa shape index (κ1) is 19.6. The van der Waals surface area contributed by atoms with Gasteiger partial charge >= 0.3 is 0 Å². The molecule has 6 heteroatoms. The second kappa shape index (κ2) is 8.71. The number of hydrogen-bond donors (Lipinski definition) is 1. The van der Waals surface area contributed by atoms with Gasteiger partial charge in [-0.3, -0.25) is 10.1 Å². The SMILES string of the molecule is COc1ccc(C=CC(=O)Nc2nc(-c3ccc(C)c(C)c3)cs2)cc1OC. The van der Waals surface area contributed by atoms with Crippen molar-refractivity contribution < 1.29 is 14.3 Å². The molecule has 0 aliphatic heterocycles. The molecule has 0 saturated heterocycles. The van der Waals surface area contributed by atoms with E-state index in [1.54, 1.807) is 26.4 Å². The van der Waals surface area contributed by atoms with Gasteiger partial charge in [0.2, 0.25) is 5.91 Å². The summed E-state index contributed by atoms with van der Waals surface area (Å²) in [6, 6.07) is 11.7. The van der Waals surface area contributed by atoms with Crippen molar-refractivity contribution in [3.63, 3.8) is 0 Å². The highest BCUT2D eigenvalue weighted by Gasteiger charge is 2.08. The summed E-state index contributed by atoms with van der Waals surface area (Å²) >= 11 is 1.40. The van der Waals surface area contributed by atoms with E-state index in [2.05, 4.69) is 36.3 Å². The molecule has 1 heterocycles. The zero-order valence-corrected chi connectivity index (χ0v) is 17.1. The van der Waals surface area contributed by atoms with E-state index in [1.807, 2.05) is 23.6 Å². The Balaban J connectivity index is 1.67. The van der Waals surface area contributed by atoms with Gasteiger partial charge in [0.25, 0.3) is 0 Å². The Labute approximate surface area is 168 Å². The monoisotopic (exact) mass is 394 g/mol. The molecule has 28 heavy (non-hydrogen) atoms. The highest BCUT2D eigenvalue weighted by atomic mass is 32.1. The average molecular weight is 394 g/mol. The third-order valence-corrected chi connectivity index (χ3v) is 5.13. The Morgan fingerprint density at radius 2 is 1.82 bits per heavy atom. The number of aromatic nitrogens is 1. The lowest BCUT2D eigenvalue weighted by molar-refractivity contribution is -0.111. The summed E-state index contributed by atoms with van der Waals surface area (Å²) in [6.07, 6.45) is 3.19. The summed E-state index contributed by atoms with van der Waals surface area (Å²) in [5.41, 5.74) is 5.19. The molecule has 144 valence electrons. The number of hydrogen-bond acceptors (Lipinski definition) is 5. The van der Waals surface area contributed by atoms with Crippen molar-refractivity contribution in [2.24, 2.45) is 0 Å². The molecule has 0 radical (unpaired) electrons. The Hall–Kier alpha value is -3.12. The van der Waals surface area contributed by atoms with Crippen LogP contribution in [0.3, 0.4) is 0 Å². The molecule has 5 nitrogen and oxygen atoms in total. The van der Waals surface area contributed by atoms with E-state index in [-0.39, 0.29) is 5.91 Å². The number of ether oxygens (including phenoxy) is 2. The molecule has 0 fully saturated rings. The molecule has 2 aromatic carbocycles. The number of methoxy groups -OCH3 is 2. The molecule has 3 rings (SSSR count). The predicted octanol–water partition coefficient (Wildman–Crippen LogP) is 5.10. The quantitative estimate of drug-likeness (QED) is 0.591. The fourth-order valence-electron chi connectivity index (χ4n) is 2.64. The molecule has 0 aliphatic carbocycles.